The highest BCUT2D eigenvalue weighted by Gasteiger charge is 2.36. The van der Waals surface area contributed by atoms with Gasteiger partial charge in [-0.1, -0.05) is 83.9 Å². The first-order valence-electron chi connectivity index (χ1n) is 14.9. The van der Waals surface area contributed by atoms with E-state index >= 15 is 0 Å². The Morgan fingerprint density at radius 1 is 0.804 bits per heavy atom. The van der Waals surface area contributed by atoms with Crippen LogP contribution in [0.3, 0.4) is 0 Å². The molecule has 1 N–H and O–H groups in total. The van der Waals surface area contributed by atoms with Gasteiger partial charge in [-0.2, -0.15) is 0 Å². The number of anilines is 1. The molecule has 0 spiro atoms. The molecule has 0 heterocycles. The lowest BCUT2D eigenvalue weighted by molar-refractivity contribution is -0.140. The summed E-state index contributed by atoms with van der Waals surface area (Å²) in [6, 6.07) is 26.5. The molecule has 1 atom stereocenters. The number of halogens is 2. The molecule has 0 aliphatic carbocycles. The van der Waals surface area contributed by atoms with E-state index in [2.05, 4.69) is 5.32 Å². The predicted octanol–water partition coefficient (Wildman–Crippen LogP) is 7.36. The van der Waals surface area contributed by atoms with Crippen molar-refractivity contribution in [3.05, 3.63) is 129 Å². The monoisotopic (exact) mass is 679 g/mol. The second-order valence-corrected chi connectivity index (χ2v) is 14.9. The van der Waals surface area contributed by atoms with Crippen LogP contribution < -0.4 is 9.62 Å². The van der Waals surface area contributed by atoms with Gasteiger partial charge in [-0.15, -0.1) is 0 Å². The highest BCUT2D eigenvalue weighted by Crippen LogP contribution is 2.30. The zero-order valence-electron chi connectivity index (χ0n) is 26.6. The standard InChI is InChI=1S/C36H39Cl2N3O4S/c1-25-19-20-28(21-26(25)2)41(46(44,45)29-15-10-7-11-16-29)24-34(42)40(23-30-31(37)17-12-18-32(30)38)33(35(43)39-36(3,4)5)22-27-13-8-6-9-14-27/h6-21,33H,22-24H2,1-5H3,(H,39,43). The van der Waals surface area contributed by atoms with Gasteiger partial charge in [0.1, 0.15) is 12.6 Å². The first kappa shape index (κ1) is 35.0. The Morgan fingerprint density at radius 2 is 1.39 bits per heavy atom. The molecule has 1 unspecified atom stereocenters. The molecule has 0 radical (unpaired) electrons. The fraction of sp³-hybridized carbons (Fsp3) is 0.278. The Hall–Kier alpha value is -3.85. The maximum Gasteiger partial charge on any atom is 0.264 e. The zero-order valence-corrected chi connectivity index (χ0v) is 29.0. The van der Waals surface area contributed by atoms with E-state index < -0.39 is 40.0 Å². The number of aryl methyl sites for hydroxylation is 2. The lowest BCUT2D eigenvalue weighted by atomic mass is 10.0. The summed E-state index contributed by atoms with van der Waals surface area (Å²) >= 11 is 13.2. The summed E-state index contributed by atoms with van der Waals surface area (Å²) < 4.78 is 29.4. The molecule has 0 aliphatic heterocycles. The maximum atomic E-state index is 14.6. The van der Waals surface area contributed by atoms with Crippen LogP contribution in [0.4, 0.5) is 5.69 Å². The molecule has 10 heteroatoms. The van der Waals surface area contributed by atoms with Crippen LogP contribution in [0.1, 0.15) is 43.0 Å². The molecule has 7 nitrogen and oxygen atoms in total. The number of hydrogen-bond donors (Lipinski definition) is 1. The third-order valence-corrected chi connectivity index (χ3v) is 10.0. The average Bonchev–Trinajstić information content (AvgIpc) is 3.00. The molecule has 2 amide bonds. The molecule has 0 aromatic heterocycles. The van der Waals surface area contributed by atoms with Gasteiger partial charge in [0.15, 0.2) is 0 Å². The molecule has 242 valence electrons. The van der Waals surface area contributed by atoms with Gasteiger partial charge in [-0.3, -0.25) is 13.9 Å². The van der Waals surface area contributed by atoms with Crippen LogP contribution in [0.15, 0.2) is 102 Å². The van der Waals surface area contributed by atoms with Gasteiger partial charge in [0.2, 0.25) is 11.8 Å². The zero-order chi connectivity index (χ0) is 33.6. The minimum absolute atomic E-state index is 0.0352. The Morgan fingerprint density at radius 3 is 1.96 bits per heavy atom. The van der Waals surface area contributed by atoms with Crippen molar-refractivity contribution in [1.29, 1.82) is 0 Å². The molecule has 46 heavy (non-hydrogen) atoms. The molecule has 0 saturated carbocycles. The second-order valence-electron chi connectivity index (χ2n) is 12.3. The van der Waals surface area contributed by atoms with E-state index in [0.29, 0.717) is 21.3 Å². The van der Waals surface area contributed by atoms with Crippen LogP contribution in [0, 0.1) is 13.8 Å². The van der Waals surface area contributed by atoms with Gasteiger partial charge in [0.25, 0.3) is 10.0 Å². The number of carbonyl (C=O) groups excluding carboxylic acids is 2. The van der Waals surface area contributed by atoms with Crippen molar-refractivity contribution in [1.82, 2.24) is 10.2 Å². The van der Waals surface area contributed by atoms with Gasteiger partial charge in [0.05, 0.1) is 10.6 Å². The van der Waals surface area contributed by atoms with Crippen LogP contribution in [0.2, 0.25) is 10.0 Å². The minimum Gasteiger partial charge on any atom is -0.350 e. The summed E-state index contributed by atoms with van der Waals surface area (Å²) in [5, 5.41) is 3.66. The summed E-state index contributed by atoms with van der Waals surface area (Å²) in [5.41, 5.74) is 2.83. The van der Waals surface area contributed by atoms with E-state index in [-0.39, 0.29) is 17.9 Å². The van der Waals surface area contributed by atoms with E-state index in [1.807, 2.05) is 71.0 Å². The summed E-state index contributed by atoms with van der Waals surface area (Å²) in [5.74, 6) is -0.991. The van der Waals surface area contributed by atoms with Gasteiger partial charge in [-0.25, -0.2) is 8.42 Å². The number of hydrogen-bond acceptors (Lipinski definition) is 4. The predicted molar refractivity (Wildman–Crippen MR) is 186 cm³/mol. The number of rotatable bonds is 11. The van der Waals surface area contributed by atoms with E-state index in [0.717, 1.165) is 21.0 Å². The largest absolute Gasteiger partial charge is 0.350 e. The Bertz CT molecular complexity index is 1770. The molecular weight excluding hydrogens is 641 g/mol. The molecule has 4 rings (SSSR count). The van der Waals surface area contributed by atoms with Crippen molar-refractivity contribution in [3.8, 4) is 0 Å². The summed E-state index contributed by atoms with van der Waals surface area (Å²) in [6.45, 7) is 8.68. The number of benzene rings is 4. The van der Waals surface area contributed by atoms with Crippen molar-refractivity contribution in [2.45, 2.75) is 64.1 Å². The van der Waals surface area contributed by atoms with E-state index in [9.17, 15) is 18.0 Å². The second kappa shape index (κ2) is 14.7. The van der Waals surface area contributed by atoms with E-state index in [4.69, 9.17) is 23.2 Å². The smallest absolute Gasteiger partial charge is 0.264 e. The lowest BCUT2D eigenvalue weighted by Crippen LogP contribution is -2.56. The van der Waals surface area contributed by atoms with Crippen molar-refractivity contribution >= 4 is 50.7 Å². The number of nitrogens with one attached hydrogen (secondary N) is 1. The molecule has 0 aliphatic rings. The van der Waals surface area contributed by atoms with Gasteiger partial charge >= 0.3 is 0 Å². The molecule has 4 aromatic carbocycles. The minimum atomic E-state index is -4.20. The third kappa shape index (κ3) is 8.69. The molecular formula is C36H39Cl2N3O4S. The highest BCUT2D eigenvalue weighted by molar-refractivity contribution is 7.92. The van der Waals surface area contributed by atoms with E-state index in [1.54, 1.807) is 48.5 Å². The average molecular weight is 681 g/mol. The molecule has 0 bridgehead atoms. The summed E-state index contributed by atoms with van der Waals surface area (Å²) in [6.07, 6.45) is 0.172. The first-order chi connectivity index (χ1) is 21.7. The Balaban J connectivity index is 1.86. The van der Waals surface area contributed by atoms with Gasteiger partial charge < -0.3 is 10.2 Å². The topological polar surface area (TPSA) is 86.8 Å². The van der Waals surface area contributed by atoms with Crippen LogP contribution in [0.25, 0.3) is 0 Å². The number of sulfonamides is 1. The van der Waals surface area contributed by atoms with Crippen LogP contribution >= 0.6 is 23.2 Å². The molecule has 0 saturated heterocycles. The fourth-order valence-electron chi connectivity index (χ4n) is 4.99. The highest BCUT2D eigenvalue weighted by atomic mass is 35.5. The van der Waals surface area contributed by atoms with Crippen LogP contribution in [0.5, 0.6) is 0 Å². The van der Waals surface area contributed by atoms with Crippen LogP contribution in [-0.4, -0.2) is 43.3 Å². The van der Waals surface area contributed by atoms with E-state index in [1.165, 1.54) is 17.0 Å². The van der Waals surface area contributed by atoms with Crippen molar-refractivity contribution in [3.63, 3.8) is 0 Å². The van der Waals surface area contributed by atoms with Crippen molar-refractivity contribution in [2.75, 3.05) is 10.8 Å². The fourth-order valence-corrected chi connectivity index (χ4v) is 6.93. The summed E-state index contributed by atoms with van der Waals surface area (Å²) in [4.78, 5) is 30.1. The molecule has 4 aromatic rings. The lowest BCUT2D eigenvalue weighted by Gasteiger charge is -2.35. The Kier molecular flexibility index (Phi) is 11.2. The third-order valence-electron chi connectivity index (χ3n) is 7.55. The number of nitrogens with zero attached hydrogens (tertiary/aromatic N) is 2. The van der Waals surface area contributed by atoms with Crippen molar-refractivity contribution < 1.29 is 18.0 Å². The van der Waals surface area contributed by atoms with Crippen molar-refractivity contribution in [2.24, 2.45) is 0 Å². The Labute approximate surface area is 282 Å². The van der Waals surface area contributed by atoms with Gasteiger partial charge in [0, 0.05) is 34.1 Å². The SMILES string of the molecule is Cc1ccc(N(CC(=O)N(Cc2c(Cl)cccc2Cl)C(Cc2ccccc2)C(=O)NC(C)(C)C)S(=O)(=O)c2ccccc2)cc1C. The van der Waals surface area contributed by atoms with Crippen LogP contribution in [-0.2, 0) is 32.6 Å². The number of carbonyl (C=O) groups is 2. The maximum absolute atomic E-state index is 14.6. The summed E-state index contributed by atoms with van der Waals surface area (Å²) in [7, 11) is -4.20. The van der Waals surface area contributed by atoms with Gasteiger partial charge in [-0.05, 0) is 87.7 Å². The number of amides is 2. The quantitative estimate of drug-likeness (QED) is 0.179. The molecule has 0 fully saturated rings. The first-order valence-corrected chi connectivity index (χ1v) is 17.1. The normalized spacial score (nSPS) is 12.3.